The van der Waals surface area contributed by atoms with E-state index in [9.17, 15) is 19.5 Å². The van der Waals surface area contributed by atoms with Gasteiger partial charge in [-0.05, 0) is 69.5 Å². The molecule has 0 aromatic heterocycles. The zero-order valence-corrected chi connectivity index (χ0v) is 22.9. The number of benzene rings is 2. The normalized spacial score (nSPS) is 28.9. The Morgan fingerprint density at radius 2 is 1.62 bits per heavy atom. The highest BCUT2D eigenvalue weighted by molar-refractivity contribution is 6.05. The average molecular weight is 535 g/mol. The summed E-state index contributed by atoms with van der Waals surface area (Å²) in [4.78, 5) is 45.1. The van der Waals surface area contributed by atoms with Crippen LogP contribution < -0.4 is 15.5 Å². The molecule has 3 aliphatic rings. The Morgan fingerprint density at radius 3 is 2.23 bits per heavy atom. The molecule has 2 aromatic rings. The summed E-state index contributed by atoms with van der Waals surface area (Å²) in [6, 6.07) is 15.8. The largest absolute Gasteiger partial charge is 0.395 e. The Hall–Kier alpha value is -3.43. The minimum Gasteiger partial charge on any atom is -0.395 e. The molecule has 2 unspecified atom stereocenters. The molecule has 208 valence electrons. The summed E-state index contributed by atoms with van der Waals surface area (Å²) in [5.74, 6) is -2.51. The van der Waals surface area contributed by atoms with E-state index in [1.54, 1.807) is 12.1 Å². The van der Waals surface area contributed by atoms with E-state index >= 15 is 0 Å². The number of carbonyl (C=O) groups excluding carboxylic acids is 3. The lowest BCUT2D eigenvalue weighted by Crippen LogP contribution is -2.53. The molecule has 9 heteroatoms. The van der Waals surface area contributed by atoms with E-state index < -0.39 is 29.1 Å². The van der Waals surface area contributed by atoms with Gasteiger partial charge >= 0.3 is 0 Å². The van der Waals surface area contributed by atoms with Crippen molar-refractivity contribution in [3.05, 3.63) is 54.6 Å². The fraction of sp³-hybridized carbons (Fsp3) is 0.500. The third-order valence-electron chi connectivity index (χ3n) is 8.86. The standard InChI is InChI=1S/C30H38N4O5/c1-4-29-16-17-30(39-29)24(23(29)26(36)31-20-10-8-7-9-11-20)28(38)34(18-19-35)25(30)27(37)32-21-12-14-22(15-13-21)33(5-2)6-3/h7-15,23-25,35H,4-6,16-19H2,1-3H3,(H,31,36)(H,32,37)/t23-,24-,25?,29+,30?/m0/s1. The van der Waals surface area contributed by atoms with Gasteiger partial charge in [-0.25, -0.2) is 0 Å². The van der Waals surface area contributed by atoms with E-state index in [0.29, 0.717) is 30.6 Å². The summed E-state index contributed by atoms with van der Waals surface area (Å²) in [5, 5.41) is 15.8. The SMILES string of the molecule is CCN(CC)c1ccc(NC(=O)C2N(CCO)C(=O)[C@@H]3[C@@H](C(=O)Nc4ccccc4)[C@@]4(CC)CCC23O4)cc1. The number of para-hydroxylation sites is 1. The zero-order chi connectivity index (χ0) is 27.8. The molecule has 2 aromatic carbocycles. The summed E-state index contributed by atoms with van der Waals surface area (Å²) >= 11 is 0. The molecule has 5 atom stereocenters. The van der Waals surface area contributed by atoms with Crippen molar-refractivity contribution >= 4 is 34.8 Å². The van der Waals surface area contributed by atoms with Crippen molar-refractivity contribution in [2.75, 3.05) is 41.8 Å². The quantitative estimate of drug-likeness (QED) is 0.432. The van der Waals surface area contributed by atoms with Crippen LogP contribution in [0.4, 0.5) is 17.1 Å². The van der Waals surface area contributed by atoms with E-state index in [2.05, 4.69) is 29.4 Å². The second-order valence-corrected chi connectivity index (χ2v) is 10.7. The van der Waals surface area contributed by atoms with Crippen LogP contribution in [0.1, 0.15) is 40.0 Å². The van der Waals surface area contributed by atoms with Gasteiger partial charge in [0.2, 0.25) is 17.7 Å². The van der Waals surface area contributed by atoms with Gasteiger partial charge in [0.1, 0.15) is 11.6 Å². The van der Waals surface area contributed by atoms with Crippen LogP contribution in [0.25, 0.3) is 0 Å². The van der Waals surface area contributed by atoms with Crippen LogP contribution in [-0.4, -0.2) is 71.2 Å². The maximum atomic E-state index is 13.9. The molecule has 3 amide bonds. The smallest absolute Gasteiger partial charge is 0.250 e. The first-order valence-corrected chi connectivity index (χ1v) is 14.0. The molecule has 2 bridgehead atoms. The first-order chi connectivity index (χ1) is 18.8. The first-order valence-electron chi connectivity index (χ1n) is 14.0. The van der Waals surface area contributed by atoms with Gasteiger partial charge in [0.15, 0.2) is 0 Å². The molecule has 1 spiro atoms. The number of nitrogens with one attached hydrogen (secondary N) is 2. The van der Waals surface area contributed by atoms with Crippen molar-refractivity contribution in [3.8, 4) is 0 Å². The predicted octanol–water partition coefficient (Wildman–Crippen LogP) is 3.26. The number of amides is 3. The van der Waals surface area contributed by atoms with Crippen molar-refractivity contribution in [3.63, 3.8) is 0 Å². The summed E-state index contributed by atoms with van der Waals surface area (Å²) in [6.07, 6.45) is 1.62. The summed E-state index contributed by atoms with van der Waals surface area (Å²) in [6.45, 7) is 7.60. The molecule has 39 heavy (non-hydrogen) atoms. The third-order valence-corrected chi connectivity index (χ3v) is 8.86. The Bertz CT molecular complexity index is 1220. The van der Waals surface area contributed by atoms with Crippen LogP contribution in [0.2, 0.25) is 0 Å². The second kappa shape index (κ2) is 10.6. The van der Waals surface area contributed by atoms with Gasteiger partial charge in [-0.3, -0.25) is 14.4 Å². The number of aliphatic hydroxyl groups is 1. The first kappa shape index (κ1) is 27.1. The maximum absolute atomic E-state index is 13.9. The van der Waals surface area contributed by atoms with E-state index in [1.807, 2.05) is 49.4 Å². The minimum absolute atomic E-state index is 0.00836. The maximum Gasteiger partial charge on any atom is 0.250 e. The number of fused-ring (bicyclic) bond motifs is 1. The van der Waals surface area contributed by atoms with Crippen LogP contribution in [0.5, 0.6) is 0 Å². The van der Waals surface area contributed by atoms with Gasteiger partial charge in [-0.1, -0.05) is 25.1 Å². The molecule has 3 N–H and O–H groups in total. The number of ether oxygens (including phenoxy) is 1. The fourth-order valence-corrected chi connectivity index (χ4v) is 7.06. The molecule has 0 saturated carbocycles. The molecular weight excluding hydrogens is 496 g/mol. The molecule has 5 rings (SSSR count). The number of hydrogen-bond donors (Lipinski definition) is 3. The van der Waals surface area contributed by atoms with Crippen molar-refractivity contribution in [1.29, 1.82) is 0 Å². The fourth-order valence-electron chi connectivity index (χ4n) is 7.06. The van der Waals surface area contributed by atoms with Crippen LogP contribution in [0, 0.1) is 11.8 Å². The van der Waals surface area contributed by atoms with E-state index in [0.717, 1.165) is 18.8 Å². The van der Waals surface area contributed by atoms with Crippen LogP contribution >= 0.6 is 0 Å². The highest BCUT2D eigenvalue weighted by Gasteiger charge is 2.78. The summed E-state index contributed by atoms with van der Waals surface area (Å²) in [5.41, 5.74) is 0.360. The van der Waals surface area contributed by atoms with Crippen molar-refractivity contribution in [2.45, 2.75) is 57.3 Å². The molecule has 3 fully saturated rings. The van der Waals surface area contributed by atoms with E-state index in [-0.39, 0.29) is 30.9 Å². The Balaban J connectivity index is 1.45. The van der Waals surface area contributed by atoms with Crippen LogP contribution in [0.15, 0.2) is 54.6 Å². The lowest BCUT2D eigenvalue weighted by atomic mass is 9.65. The monoisotopic (exact) mass is 534 g/mol. The van der Waals surface area contributed by atoms with E-state index in [1.165, 1.54) is 4.90 Å². The Morgan fingerprint density at radius 1 is 0.974 bits per heavy atom. The van der Waals surface area contributed by atoms with Crippen LogP contribution in [0.3, 0.4) is 0 Å². The number of β-amino-alcohol motifs (C(OH)–C–C–N with tert-alkyl or cyclic N) is 1. The molecule has 3 aliphatic heterocycles. The van der Waals surface area contributed by atoms with Crippen molar-refractivity contribution in [2.24, 2.45) is 11.8 Å². The Labute approximate surface area is 229 Å². The zero-order valence-electron chi connectivity index (χ0n) is 22.9. The van der Waals surface area contributed by atoms with Crippen molar-refractivity contribution in [1.82, 2.24) is 4.90 Å². The summed E-state index contributed by atoms with van der Waals surface area (Å²) < 4.78 is 6.72. The number of carbonyl (C=O) groups is 3. The van der Waals surface area contributed by atoms with Gasteiger partial charge in [0.05, 0.1) is 24.0 Å². The molecule has 0 aliphatic carbocycles. The van der Waals surface area contributed by atoms with Gasteiger partial charge < -0.3 is 30.3 Å². The topological polar surface area (TPSA) is 111 Å². The van der Waals surface area contributed by atoms with Gasteiger partial charge in [0.25, 0.3) is 0 Å². The predicted molar refractivity (Wildman–Crippen MR) is 149 cm³/mol. The third kappa shape index (κ3) is 4.37. The van der Waals surface area contributed by atoms with Crippen molar-refractivity contribution < 1.29 is 24.2 Å². The highest BCUT2D eigenvalue weighted by atomic mass is 16.5. The second-order valence-electron chi connectivity index (χ2n) is 10.7. The number of anilines is 3. The highest BCUT2D eigenvalue weighted by Crippen LogP contribution is 2.64. The molecule has 0 radical (unpaired) electrons. The minimum atomic E-state index is -1.13. The lowest BCUT2D eigenvalue weighted by molar-refractivity contribution is -0.144. The van der Waals surface area contributed by atoms with Gasteiger partial charge in [0, 0.05) is 36.7 Å². The summed E-state index contributed by atoms with van der Waals surface area (Å²) in [7, 11) is 0. The number of nitrogens with zero attached hydrogens (tertiary/aromatic N) is 2. The molecule has 9 nitrogen and oxygen atoms in total. The average Bonchev–Trinajstić information content (AvgIpc) is 3.55. The van der Waals surface area contributed by atoms with E-state index in [4.69, 9.17) is 4.74 Å². The van der Waals surface area contributed by atoms with Crippen LogP contribution in [-0.2, 0) is 19.1 Å². The number of aliphatic hydroxyl groups excluding tert-OH is 1. The van der Waals surface area contributed by atoms with Gasteiger partial charge in [-0.2, -0.15) is 0 Å². The van der Waals surface area contributed by atoms with Gasteiger partial charge in [-0.15, -0.1) is 0 Å². The number of likely N-dealkylation sites (tertiary alicyclic amines) is 1. The number of rotatable bonds is 10. The number of hydrogen-bond acceptors (Lipinski definition) is 6. The molecule has 3 heterocycles. The molecule has 3 saturated heterocycles. The Kier molecular flexibility index (Phi) is 7.39. The lowest BCUT2D eigenvalue weighted by Gasteiger charge is -2.33. The molecular formula is C30H38N4O5.